The summed E-state index contributed by atoms with van der Waals surface area (Å²) in [6.07, 6.45) is 0. The van der Waals surface area contributed by atoms with Gasteiger partial charge in [-0.25, -0.2) is 4.68 Å². The summed E-state index contributed by atoms with van der Waals surface area (Å²) in [5.41, 5.74) is 2.20. The Morgan fingerprint density at radius 1 is 1.04 bits per heavy atom. The molecule has 0 atom stereocenters. The number of carbonyl (C=O) groups is 1. The molecule has 0 aliphatic carbocycles. The fraction of sp³-hybridized carbons (Fsp3) is 0.263. The van der Waals surface area contributed by atoms with Crippen molar-refractivity contribution in [3.63, 3.8) is 0 Å². The van der Waals surface area contributed by atoms with Crippen LogP contribution in [0.25, 0.3) is 11.4 Å². The van der Waals surface area contributed by atoms with E-state index < -0.39 is 0 Å². The van der Waals surface area contributed by atoms with Gasteiger partial charge in [-0.3, -0.25) is 4.79 Å². The van der Waals surface area contributed by atoms with Crippen LogP contribution in [0.4, 0.5) is 0 Å². The number of likely N-dealkylation sites (tertiary alicyclic amines) is 1. The molecule has 0 saturated carbocycles. The zero-order valence-corrected chi connectivity index (χ0v) is 14.0. The molecular formula is C19H19N5O. The molecule has 1 amide bonds. The van der Waals surface area contributed by atoms with Gasteiger partial charge in [-0.2, -0.15) is 0 Å². The first-order valence-electron chi connectivity index (χ1n) is 8.31. The van der Waals surface area contributed by atoms with Crippen molar-refractivity contribution in [2.24, 2.45) is 0 Å². The average molecular weight is 333 g/mol. The Kier molecular flexibility index (Phi) is 3.80. The maximum Gasteiger partial charge on any atom is 0.244 e. The molecule has 0 bridgehead atoms. The van der Waals surface area contributed by atoms with E-state index in [2.05, 4.69) is 34.6 Å². The van der Waals surface area contributed by atoms with Gasteiger partial charge in [-0.15, -0.1) is 5.10 Å². The lowest BCUT2D eigenvalue weighted by atomic mass is 9.75. The number of carbonyl (C=O) groups excluding carboxylic acids is 1. The number of rotatable bonds is 4. The molecule has 1 aliphatic rings. The minimum absolute atomic E-state index is 0.0276. The second kappa shape index (κ2) is 6.12. The van der Waals surface area contributed by atoms with E-state index in [4.69, 9.17) is 0 Å². The van der Waals surface area contributed by atoms with Gasteiger partial charge < -0.3 is 4.90 Å². The second-order valence-electron chi connectivity index (χ2n) is 6.70. The van der Waals surface area contributed by atoms with Crippen LogP contribution in [0.15, 0.2) is 60.7 Å². The van der Waals surface area contributed by atoms with E-state index in [-0.39, 0.29) is 17.9 Å². The summed E-state index contributed by atoms with van der Waals surface area (Å²) in [6, 6.07) is 20.0. The van der Waals surface area contributed by atoms with Crippen molar-refractivity contribution in [2.45, 2.75) is 18.9 Å². The van der Waals surface area contributed by atoms with E-state index in [0.717, 1.165) is 18.7 Å². The first-order chi connectivity index (χ1) is 12.2. The third kappa shape index (κ3) is 2.91. The molecule has 2 heterocycles. The third-order valence-corrected chi connectivity index (χ3v) is 4.75. The van der Waals surface area contributed by atoms with Gasteiger partial charge in [0.05, 0.1) is 0 Å². The van der Waals surface area contributed by atoms with Crippen LogP contribution in [-0.2, 0) is 16.8 Å². The second-order valence-corrected chi connectivity index (χ2v) is 6.70. The van der Waals surface area contributed by atoms with E-state index in [1.54, 1.807) is 4.68 Å². The van der Waals surface area contributed by atoms with Crippen molar-refractivity contribution in [3.05, 3.63) is 66.2 Å². The molecule has 1 saturated heterocycles. The van der Waals surface area contributed by atoms with Gasteiger partial charge in [0, 0.05) is 24.1 Å². The van der Waals surface area contributed by atoms with Crippen LogP contribution in [0.2, 0.25) is 0 Å². The third-order valence-electron chi connectivity index (χ3n) is 4.75. The summed E-state index contributed by atoms with van der Waals surface area (Å²) in [5.74, 6) is 0.651. The topological polar surface area (TPSA) is 63.9 Å². The van der Waals surface area contributed by atoms with Gasteiger partial charge in [-0.05, 0) is 16.0 Å². The monoisotopic (exact) mass is 333 g/mol. The number of amides is 1. The lowest BCUT2D eigenvalue weighted by Gasteiger charge is -2.48. The van der Waals surface area contributed by atoms with Crippen molar-refractivity contribution < 1.29 is 4.79 Å². The smallest absolute Gasteiger partial charge is 0.244 e. The van der Waals surface area contributed by atoms with Gasteiger partial charge in [0.2, 0.25) is 5.91 Å². The summed E-state index contributed by atoms with van der Waals surface area (Å²) in [6.45, 7) is 3.79. The highest BCUT2D eigenvalue weighted by atomic mass is 16.2. The molecule has 1 fully saturated rings. The Labute approximate surface area is 146 Å². The van der Waals surface area contributed by atoms with Crippen LogP contribution in [0.3, 0.4) is 0 Å². The minimum atomic E-state index is 0.0276. The number of hydrogen-bond donors (Lipinski definition) is 0. The van der Waals surface area contributed by atoms with Crippen LogP contribution in [0.5, 0.6) is 0 Å². The molecular weight excluding hydrogens is 314 g/mol. The van der Waals surface area contributed by atoms with Crippen LogP contribution in [0, 0.1) is 0 Å². The van der Waals surface area contributed by atoms with Crippen LogP contribution >= 0.6 is 0 Å². The zero-order valence-electron chi connectivity index (χ0n) is 14.0. The Hall–Kier alpha value is -3.02. The average Bonchev–Trinajstić information content (AvgIpc) is 3.08. The Bertz CT molecular complexity index is 869. The maximum absolute atomic E-state index is 12.6. The van der Waals surface area contributed by atoms with E-state index in [1.807, 2.05) is 53.4 Å². The molecule has 1 aromatic heterocycles. The number of aromatic nitrogens is 4. The van der Waals surface area contributed by atoms with Crippen LogP contribution < -0.4 is 0 Å². The molecule has 0 unspecified atom stereocenters. The largest absolute Gasteiger partial charge is 0.339 e. The molecule has 3 aromatic rings. The normalized spacial score (nSPS) is 15.6. The highest BCUT2D eigenvalue weighted by Gasteiger charge is 2.42. The van der Waals surface area contributed by atoms with Crippen molar-refractivity contribution in [3.8, 4) is 11.4 Å². The molecule has 6 heteroatoms. The van der Waals surface area contributed by atoms with Crippen molar-refractivity contribution in [1.29, 1.82) is 0 Å². The lowest BCUT2D eigenvalue weighted by molar-refractivity contribution is -0.139. The van der Waals surface area contributed by atoms with Crippen LogP contribution in [-0.4, -0.2) is 44.1 Å². The minimum Gasteiger partial charge on any atom is -0.339 e. The fourth-order valence-corrected chi connectivity index (χ4v) is 3.33. The van der Waals surface area contributed by atoms with E-state index >= 15 is 0 Å². The molecule has 1 aliphatic heterocycles. The van der Waals surface area contributed by atoms with Gasteiger partial charge >= 0.3 is 0 Å². The van der Waals surface area contributed by atoms with Gasteiger partial charge in [0.25, 0.3) is 0 Å². The molecule has 0 N–H and O–H groups in total. The van der Waals surface area contributed by atoms with Crippen LogP contribution in [0.1, 0.15) is 12.5 Å². The number of hydrogen-bond acceptors (Lipinski definition) is 4. The summed E-state index contributed by atoms with van der Waals surface area (Å²) in [4.78, 5) is 14.5. The summed E-state index contributed by atoms with van der Waals surface area (Å²) in [5, 5.41) is 11.7. The highest BCUT2D eigenvalue weighted by molar-refractivity contribution is 5.78. The number of nitrogens with zero attached hydrogens (tertiary/aromatic N) is 5. The zero-order chi connectivity index (χ0) is 17.3. The summed E-state index contributed by atoms with van der Waals surface area (Å²) in [7, 11) is 0. The predicted molar refractivity (Wildman–Crippen MR) is 93.6 cm³/mol. The number of benzene rings is 2. The first kappa shape index (κ1) is 15.5. The fourth-order valence-electron chi connectivity index (χ4n) is 3.33. The lowest BCUT2D eigenvalue weighted by Crippen LogP contribution is -2.60. The molecule has 25 heavy (non-hydrogen) atoms. The maximum atomic E-state index is 12.6. The summed E-state index contributed by atoms with van der Waals surface area (Å²) >= 11 is 0. The molecule has 0 spiro atoms. The molecule has 0 radical (unpaired) electrons. The van der Waals surface area contributed by atoms with Crippen molar-refractivity contribution in [2.75, 3.05) is 13.1 Å². The Balaban J connectivity index is 1.44. The summed E-state index contributed by atoms with van der Waals surface area (Å²) < 4.78 is 1.57. The van der Waals surface area contributed by atoms with Gasteiger partial charge in [0.1, 0.15) is 6.54 Å². The van der Waals surface area contributed by atoms with Crippen molar-refractivity contribution in [1.82, 2.24) is 25.1 Å². The molecule has 126 valence electrons. The predicted octanol–water partition coefficient (Wildman–Crippen LogP) is 2.14. The molecule has 2 aromatic carbocycles. The molecule has 6 nitrogen and oxygen atoms in total. The van der Waals surface area contributed by atoms with E-state index in [9.17, 15) is 4.79 Å². The van der Waals surface area contributed by atoms with Gasteiger partial charge in [-0.1, -0.05) is 67.6 Å². The quantitative estimate of drug-likeness (QED) is 0.734. The number of tetrazole rings is 1. The van der Waals surface area contributed by atoms with Gasteiger partial charge in [0.15, 0.2) is 5.82 Å². The van der Waals surface area contributed by atoms with E-state index in [1.165, 1.54) is 5.56 Å². The van der Waals surface area contributed by atoms with E-state index in [0.29, 0.717) is 5.82 Å². The Morgan fingerprint density at radius 3 is 2.36 bits per heavy atom. The highest BCUT2D eigenvalue weighted by Crippen LogP contribution is 2.34. The van der Waals surface area contributed by atoms with Crippen molar-refractivity contribution >= 4 is 5.91 Å². The first-order valence-corrected chi connectivity index (χ1v) is 8.31. The molecule has 4 rings (SSSR count). The standard InChI is InChI=1S/C19H19N5O/c1-19(16-10-6-3-7-11-16)13-23(14-19)17(25)12-24-18(20-21-22-24)15-8-4-2-5-9-15/h2-11H,12-14H2,1H3. The SMILES string of the molecule is CC1(c2ccccc2)CN(C(=O)Cn2nnnc2-c2ccccc2)C1. The Morgan fingerprint density at radius 2 is 1.68 bits per heavy atom.